The van der Waals surface area contributed by atoms with E-state index in [1.54, 1.807) is 12.1 Å². The number of benzene rings is 2. The first kappa shape index (κ1) is 14.9. The van der Waals surface area contributed by atoms with Gasteiger partial charge in [-0.05, 0) is 29.2 Å². The lowest BCUT2D eigenvalue weighted by Gasteiger charge is -2.23. The van der Waals surface area contributed by atoms with Gasteiger partial charge in [0.05, 0.1) is 5.02 Å². The van der Waals surface area contributed by atoms with E-state index in [0.717, 1.165) is 12.1 Å². The molecule has 1 atom stereocenters. The van der Waals surface area contributed by atoms with Gasteiger partial charge in [0.2, 0.25) is 0 Å². The fourth-order valence-corrected chi connectivity index (χ4v) is 2.49. The van der Waals surface area contributed by atoms with Gasteiger partial charge < -0.3 is 10.4 Å². The van der Waals surface area contributed by atoms with Crippen LogP contribution in [-0.4, -0.2) is 5.11 Å². The van der Waals surface area contributed by atoms with Gasteiger partial charge in [-0.15, -0.1) is 0 Å². The van der Waals surface area contributed by atoms with Crippen molar-refractivity contribution in [2.45, 2.75) is 26.4 Å². The fraction of sp³-hybridized carbons (Fsp3) is 0.294. The van der Waals surface area contributed by atoms with Crippen molar-refractivity contribution in [1.82, 2.24) is 5.32 Å². The highest BCUT2D eigenvalue weighted by Gasteiger charge is 2.14. The van der Waals surface area contributed by atoms with Crippen LogP contribution in [0, 0.1) is 5.92 Å². The van der Waals surface area contributed by atoms with Crippen molar-refractivity contribution in [3.8, 4) is 5.75 Å². The average Bonchev–Trinajstić information content (AvgIpc) is 2.44. The molecule has 0 saturated carbocycles. The summed E-state index contributed by atoms with van der Waals surface area (Å²) in [7, 11) is 0. The minimum Gasteiger partial charge on any atom is -0.506 e. The smallest absolute Gasteiger partial charge is 0.134 e. The van der Waals surface area contributed by atoms with E-state index in [1.165, 1.54) is 5.56 Å². The van der Waals surface area contributed by atoms with Gasteiger partial charge >= 0.3 is 0 Å². The van der Waals surface area contributed by atoms with Crippen LogP contribution in [0.2, 0.25) is 5.02 Å². The van der Waals surface area contributed by atoms with Crippen LogP contribution in [0.5, 0.6) is 5.75 Å². The third kappa shape index (κ3) is 3.75. The number of phenols is 1. The van der Waals surface area contributed by atoms with Crippen molar-refractivity contribution in [2.75, 3.05) is 0 Å². The molecule has 0 radical (unpaired) electrons. The van der Waals surface area contributed by atoms with Crippen LogP contribution in [0.4, 0.5) is 0 Å². The number of hydrogen-bond donors (Lipinski definition) is 2. The Kier molecular flexibility index (Phi) is 5.05. The summed E-state index contributed by atoms with van der Waals surface area (Å²) >= 11 is 5.93. The maximum absolute atomic E-state index is 9.43. The van der Waals surface area contributed by atoms with Gasteiger partial charge in [-0.3, -0.25) is 0 Å². The molecule has 106 valence electrons. The maximum atomic E-state index is 9.43. The molecule has 0 fully saturated rings. The van der Waals surface area contributed by atoms with E-state index in [0.29, 0.717) is 17.0 Å². The molecular formula is C17H20ClNO. The Morgan fingerprint density at radius 3 is 2.40 bits per heavy atom. The van der Waals surface area contributed by atoms with Crippen LogP contribution in [0.25, 0.3) is 0 Å². The van der Waals surface area contributed by atoms with E-state index in [2.05, 4.69) is 43.4 Å². The second-order valence-electron chi connectivity index (χ2n) is 5.30. The number of aromatic hydroxyl groups is 1. The molecule has 0 saturated heterocycles. The van der Waals surface area contributed by atoms with Crippen LogP contribution in [-0.2, 0) is 6.54 Å². The third-order valence-corrected chi connectivity index (χ3v) is 3.67. The van der Waals surface area contributed by atoms with Gasteiger partial charge in [0.1, 0.15) is 5.75 Å². The lowest BCUT2D eigenvalue weighted by molar-refractivity contribution is 0.410. The van der Waals surface area contributed by atoms with Gasteiger partial charge in [-0.1, -0.05) is 61.8 Å². The first-order valence-electron chi connectivity index (χ1n) is 6.83. The second kappa shape index (κ2) is 6.78. The molecular weight excluding hydrogens is 270 g/mol. The predicted octanol–water partition coefficient (Wildman–Crippen LogP) is 4.53. The molecule has 0 aliphatic heterocycles. The monoisotopic (exact) mass is 289 g/mol. The molecule has 2 N–H and O–H groups in total. The molecule has 0 aliphatic carbocycles. The highest BCUT2D eigenvalue weighted by Crippen LogP contribution is 2.25. The van der Waals surface area contributed by atoms with E-state index in [-0.39, 0.29) is 5.75 Å². The summed E-state index contributed by atoms with van der Waals surface area (Å²) in [6.45, 7) is 5.13. The zero-order valence-corrected chi connectivity index (χ0v) is 12.6. The predicted molar refractivity (Wildman–Crippen MR) is 84.0 cm³/mol. The molecule has 0 spiro atoms. The van der Waals surface area contributed by atoms with Crippen LogP contribution in [0.1, 0.15) is 31.0 Å². The van der Waals surface area contributed by atoms with Crippen LogP contribution in [0.3, 0.4) is 0 Å². The average molecular weight is 290 g/mol. The third-order valence-electron chi connectivity index (χ3n) is 3.36. The normalized spacial score (nSPS) is 12.6. The number of rotatable bonds is 5. The van der Waals surface area contributed by atoms with E-state index in [1.807, 2.05) is 12.1 Å². The van der Waals surface area contributed by atoms with Gasteiger partial charge in [0, 0.05) is 12.6 Å². The van der Waals surface area contributed by atoms with Crippen LogP contribution < -0.4 is 5.32 Å². The highest BCUT2D eigenvalue weighted by molar-refractivity contribution is 6.32. The highest BCUT2D eigenvalue weighted by atomic mass is 35.5. The molecule has 0 amide bonds. The summed E-state index contributed by atoms with van der Waals surface area (Å²) in [5, 5.41) is 13.4. The van der Waals surface area contributed by atoms with Crippen molar-refractivity contribution in [2.24, 2.45) is 5.92 Å². The Morgan fingerprint density at radius 1 is 1.10 bits per heavy atom. The van der Waals surface area contributed by atoms with E-state index in [9.17, 15) is 5.11 Å². The number of phenolic OH excluding ortho intramolecular Hbond substituents is 1. The number of hydrogen-bond acceptors (Lipinski definition) is 2. The van der Waals surface area contributed by atoms with Crippen molar-refractivity contribution in [3.05, 3.63) is 64.7 Å². The van der Waals surface area contributed by atoms with Crippen LogP contribution >= 0.6 is 11.6 Å². The zero-order chi connectivity index (χ0) is 14.5. The molecule has 0 aliphatic rings. The molecule has 0 bridgehead atoms. The molecule has 0 heterocycles. The summed E-state index contributed by atoms with van der Waals surface area (Å²) in [6, 6.07) is 16.0. The largest absolute Gasteiger partial charge is 0.506 e. The molecule has 2 aromatic carbocycles. The Balaban J connectivity index is 2.08. The molecule has 0 aromatic heterocycles. The van der Waals surface area contributed by atoms with Gasteiger partial charge in [-0.2, -0.15) is 0 Å². The first-order chi connectivity index (χ1) is 9.58. The molecule has 2 nitrogen and oxygen atoms in total. The Bertz CT molecular complexity index is 554. The lowest BCUT2D eigenvalue weighted by atomic mass is 9.96. The van der Waals surface area contributed by atoms with Gasteiger partial charge in [-0.25, -0.2) is 0 Å². The molecule has 2 rings (SSSR count). The van der Waals surface area contributed by atoms with Crippen LogP contribution in [0.15, 0.2) is 48.5 Å². The molecule has 20 heavy (non-hydrogen) atoms. The molecule has 2 aromatic rings. The fourth-order valence-electron chi connectivity index (χ4n) is 2.29. The van der Waals surface area contributed by atoms with Gasteiger partial charge in [0.15, 0.2) is 0 Å². The summed E-state index contributed by atoms with van der Waals surface area (Å²) in [4.78, 5) is 0. The van der Waals surface area contributed by atoms with E-state index < -0.39 is 0 Å². The Morgan fingerprint density at radius 2 is 1.80 bits per heavy atom. The SMILES string of the molecule is CC(C)C(NCc1ccc(O)c(Cl)c1)c1ccccc1. The second-order valence-corrected chi connectivity index (χ2v) is 5.71. The van der Waals surface area contributed by atoms with E-state index >= 15 is 0 Å². The van der Waals surface area contributed by atoms with Crippen molar-refractivity contribution in [1.29, 1.82) is 0 Å². The van der Waals surface area contributed by atoms with Crippen molar-refractivity contribution < 1.29 is 5.11 Å². The van der Waals surface area contributed by atoms with Crippen molar-refractivity contribution >= 4 is 11.6 Å². The topological polar surface area (TPSA) is 32.3 Å². The van der Waals surface area contributed by atoms with Gasteiger partial charge in [0.25, 0.3) is 0 Å². The maximum Gasteiger partial charge on any atom is 0.134 e. The van der Waals surface area contributed by atoms with E-state index in [4.69, 9.17) is 11.6 Å². The molecule has 1 unspecified atom stereocenters. The standard InChI is InChI=1S/C17H20ClNO/c1-12(2)17(14-6-4-3-5-7-14)19-11-13-8-9-16(20)15(18)10-13/h3-10,12,17,19-20H,11H2,1-2H3. The molecule has 3 heteroatoms. The summed E-state index contributed by atoms with van der Waals surface area (Å²) < 4.78 is 0. The Labute approximate surface area is 125 Å². The summed E-state index contributed by atoms with van der Waals surface area (Å²) in [5.74, 6) is 0.615. The Hall–Kier alpha value is -1.51. The number of halogens is 1. The summed E-state index contributed by atoms with van der Waals surface area (Å²) in [5.41, 5.74) is 2.35. The van der Waals surface area contributed by atoms with Crippen molar-refractivity contribution in [3.63, 3.8) is 0 Å². The summed E-state index contributed by atoms with van der Waals surface area (Å²) in [6.07, 6.45) is 0. The quantitative estimate of drug-likeness (QED) is 0.847. The minimum atomic E-state index is 0.124. The lowest BCUT2D eigenvalue weighted by Crippen LogP contribution is -2.25. The zero-order valence-electron chi connectivity index (χ0n) is 11.8. The minimum absolute atomic E-state index is 0.124. The first-order valence-corrected chi connectivity index (χ1v) is 7.21. The number of nitrogens with one attached hydrogen (secondary N) is 1.